The second kappa shape index (κ2) is 4.80. The van der Waals surface area contributed by atoms with E-state index >= 15 is 0 Å². The third-order valence-corrected chi connectivity index (χ3v) is 2.82. The van der Waals surface area contributed by atoms with E-state index in [-0.39, 0.29) is 5.54 Å². The van der Waals surface area contributed by atoms with Gasteiger partial charge < -0.3 is 5.73 Å². The maximum atomic E-state index is 5.99. The standard InChI is InChI=1S/C14H23N/c1-5-11(2)13-8-6-12(7-9-13)10-14(3,4)15/h6-9,11H,5,10,15H2,1-4H3. The topological polar surface area (TPSA) is 26.0 Å². The van der Waals surface area contributed by atoms with E-state index in [9.17, 15) is 0 Å². The van der Waals surface area contributed by atoms with Crippen LogP contribution in [-0.4, -0.2) is 5.54 Å². The first-order valence-electron chi connectivity index (χ1n) is 5.80. The van der Waals surface area contributed by atoms with Crippen LogP contribution in [0.4, 0.5) is 0 Å². The van der Waals surface area contributed by atoms with Gasteiger partial charge in [0.05, 0.1) is 0 Å². The highest BCUT2D eigenvalue weighted by Crippen LogP contribution is 2.20. The van der Waals surface area contributed by atoms with Crippen molar-refractivity contribution >= 4 is 0 Å². The lowest BCUT2D eigenvalue weighted by atomic mass is 9.93. The van der Waals surface area contributed by atoms with Gasteiger partial charge in [0.2, 0.25) is 0 Å². The number of nitrogens with two attached hydrogens (primary N) is 1. The predicted octanol–water partition coefficient (Wildman–Crippen LogP) is 3.48. The molecule has 15 heavy (non-hydrogen) atoms. The van der Waals surface area contributed by atoms with Crippen LogP contribution >= 0.6 is 0 Å². The van der Waals surface area contributed by atoms with Gasteiger partial charge in [-0.15, -0.1) is 0 Å². The molecule has 0 aliphatic rings. The van der Waals surface area contributed by atoms with Gasteiger partial charge in [-0.25, -0.2) is 0 Å². The van der Waals surface area contributed by atoms with Gasteiger partial charge in [-0.3, -0.25) is 0 Å². The van der Waals surface area contributed by atoms with Gasteiger partial charge in [-0.1, -0.05) is 38.1 Å². The van der Waals surface area contributed by atoms with E-state index in [1.165, 1.54) is 17.5 Å². The van der Waals surface area contributed by atoms with E-state index in [1.807, 2.05) is 0 Å². The molecular weight excluding hydrogens is 182 g/mol. The highest BCUT2D eigenvalue weighted by molar-refractivity contribution is 5.26. The van der Waals surface area contributed by atoms with Crippen LogP contribution in [0.15, 0.2) is 24.3 Å². The van der Waals surface area contributed by atoms with Crippen LogP contribution in [-0.2, 0) is 6.42 Å². The van der Waals surface area contributed by atoms with Crippen LogP contribution in [0.1, 0.15) is 51.2 Å². The molecule has 0 spiro atoms. The van der Waals surface area contributed by atoms with Crippen molar-refractivity contribution < 1.29 is 0 Å². The van der Waals surface area contributed by atoms with Gasteiger partial charge in [0.25, 0.3) is 0 Å². The Morgan fingerprint density at radius 2 is 1.73 bits per heavy atom. The summed E-state index contributed by atoms with van der Waals surface area (Å²) in [5, 5.41) is 0. The summed E-state index contributed by atoms with van der Waals surface area (Å²) in [6.07, 6.45) is 2.13. The first-order valence-corrected chi connectivity index (χ1v) is 5.80. The number of rotatable bonds is 4. The Balaban J connectivity index is 2.72. The van der Waals surface area contributed by atoms with Crippen molar-refractivity contribution in [1.82, 2.24) is 0 Å². The Kier molecular flexibility index (Phi) is 3.92. The molecule has 1 unspecified atom stereocenters. The normalized spacial score (nSPS) is 13.9. The summed E-state index contributed by atoms with van der Waals surface area (Å²) in [6.45, 7) is 8.62. The quantitative estimate of drug-likeness (QED) is 0.800. The largest absolute Gasteiger partial charge is 0.325 e. The molecule has 1 atom stereocenters. The van der Waals surface area contributed by atoms with Gasteiger partial charge in [0.15, 0.2) is 0 Å². The van der Waals surface area contributed by atoms with Crippen LogP contribution in [0.25, 0.3) is 0 Å². The molecule has 84 valence electrons. The molecule has 0 saturated carbocycles. The molecule has 1 heteroatoms. The first kappa shape index (κ1) is 12.3. The van der Waals surface area contributed by atoms with Crippen LogP contribution in [0, 0.1) is 0 Å². The third kappa shape index (κ3) is 4.05. The van der Waals surface area contributed by atoms with Crippen molar-refractivity contribution in [2.75, 3.05) is 0 Å². The first-order chi connectivity index (χ1) is 6.92. The molecule has 0 bridgehead atoms. The number of benzene rings is 1. The van der Waals surface area contributed by atoms with E-state index in [0.29, 0.717) is 5.92 Å². The van der Waals surface area contributed by atoms with Crippen molar-refractivity contribution in [3.8, 4) is 0 Å². The maximum Gasteiger partial charge on any atom is 0.0138 e. The fraction of sp³-hybridized carbons (Fsp3) is 0.571. The van der Waals surface area contributed by atoms with Crippen molar-refractivity contribution in [3.63, 3.8) is 0 Å². The molecular formula is C14H23N. The molecule has 0 aliphatic heterocycles. The van der Waals surface area contributed by atoms with Gasteiger partial charge in [0, 0.05) is 5.54 Å². The van der Waals surface area contributed by atoms with Crippen molar-refractivity contribution in [3.05, 3.63) is 35.4 Å². The molecule has 0 radical (unpaired) electrons. The summed E-state index contributed by atoms with van der Waals surface area (Å²) < 4.78 is 0. The van der Waals surface area contributed by atoms with Gasteiger partial charge in [0.1, 0.15) is 0 Å². The Bertz CT molecular complexity index is 292. The third-order valence-electron chi connectivity index (χ3n) is 2.82. The Morgan fingerprint density at radius 1 is 1.20 bits per heavy atom. The molecule has 0 fully saturated rings. The zero-order chi connectivity index (χ0) is 11.5. The highest BCUT2D eigenvalue weighted by Gasteiger charge is 2.11. The zero-order valence-corrected chi connectivity index (χ0v) is 10.4. The molecule has 1 aromatic rings. The minimum absolute atomic E-state index is 0.113. The van der Waals surface area contributed by atoms with Gasteiger partial charge in [-0.2, -0.15) is 0 Å². The van der Waals surface area contributed by atoms with Gasteiger partial charge in [-0.05, 0) is 43.7 Å². The van der Waals surface area contributed by atoms with E-state index in [2.05, 4.69) is 52.0 Å². The van der Waals surface area contributed by atoms with E-state index in [0.717, 1.165) is 6.42 Å². The predicted molar refractivity (Wildman–Crippen MR) is 67.1 cm³/mol. The molecule has 0 aliphatic carbocycles. The summed E-state index contributed by atoms with van der Waals surface area (Å²) in [4.78, 5) is 0. The molecule has 0 heterocycles. The minimum atomic E-state index is -0.113. The Labute approximate surface area is 93.7 Å². The molecule has 0 saturated heterocycles. The van der Waals surface area contributed by atoms with Crippen LogP contribution in [0.3, 0.4) is 0 Å². The minimum Gasteiger partial charge on any atom is -0.325 e. The smallest absolute Gasteiger partial charge is 0.0138 e. The number of hydrogen-bond acceptors (Lipinski definition) is 1. The molecule has 1 nitrogen and oxygen atoms in total. The SMILES string of the molecule is CCC(C)c1ccc(CC(C)(C)N)cc1. The molecule has 0 amide bonds. The number of hydrogen-bond donors (Lipinski definition) is 1. The average molecular weight is 205 g/mol. The Morgan fingerprint density at radius 3 is 2.13 bits per heavy atom. The molecule has 1 aromatic carbocycles. The molecule has 2 N–H and O–H groups in total. The monoisotopic (exact) mass is 205 g/mol. The summed E-state index contributed by atoms with van der Waals surface area (Å²) in [5.41, 5.74) is 8.63. The van der Waals surface area contributed by atoms with Crippen LogP contribution in [0.5, 0.6) is 0 Å². The average Bonchev–Trinajstić information content (AvgIpc) is 2.15. The highest BCUT2D eigenvalue weighted by atomic mass is 14.7. The summed E-state index contributed by atoms with van der Waals surface area (Å²) in [5.74, 6) is 0.657. The summed E-state index contributed by atoms with van der Waals surface area (Å²) in [6, 6.07) is 8.87. The van der Waals surface area contributed by atoms with Crippen molar-refractivity contribution in [2.24, 2.45) is 5.73 Å². The van der Waals surface area contributed by atoms with Gasteiger partial charge >= 0.3 is 0 Å². The van der Waals surface area contributed by atoms with Crippen molar-refractivity contribution in [2.45, 2.75) is 52.0 Å². The zero-order valence-electron chi connectivity index (χ0n) is 10.4. The second-order valence-corrected chi connectivity index (χ2v) is 5.22. The lowest BCUT2D eigenvalue weighted by molar-refractivity contribution is 0.516. The van der Waals surface area contributed by atoms with Crippen LogP contribution < -0.4 is 5.73 Å². The Hall–Kier alpha value is -0.820. The van der Waals surface area contributed by atoms with Crippen molar-refractivity contribution in [1.29, 1.82) is 0 Å². The van der Waals surface area contributed by atoms with E-state index in [1.54, 1.807) is 0 Å². The van der Waals surface area contributed by atoms with Crippen LogP contribution in [0.2, 0.25) is 0 Å². The fourth-order valence-corrected chi connectivity index (χ4v) is 1.73. The van der Waals surface area contributed by atoms with E-state index in [4.69, 9.17) is 5.73 Å². The maximum absolute atomic E-state index is 5.99. The summed E-state index contributed by atoms with van der Waals surface area (Å²) >= 11 is 0. The fourth-order valence-electron chi connectivity index (χ4n) is 1.73. The lowest BCUT2D eigenvalue weighted by Gasteiger charge is -2.19. The second-order valence-electron chi connectivity index (χ2n) is 5.22. The summed E-state index contributed by atoms with van der Waals surface area (Å²) in [7, 11) is 0. The molecule has 0 aromatic heterocycles. The molecule has 1 rings (SSSR count). The van der Waals surface area contributed by atoms with E-state index < -0.39 is 0 Å². The lowest BCUT2D eigenvalue weighted by Crippen LogP contribution is -2.34.